The third-order valence-electron chi connectivity index (χ3n) is 7.14. The van der Waals surface area contributed by atoms with Crippen molar-refractivity contribution >= 4 is 21.8 Å². The number of aromatic nitrogens is 3. The average molecular weight is 505 g/mol. The molecule has 0 unspecified atom stereocenters. The Kier molecular flexibility index (Phi) is 5.64. The first-order valence-corrected chi connectivity index (χ1v) is 13.0. The van der Waals surface area contributed by atoms with Gasteiger partial charge in [-0.2, -0.15) is 0 Å². The molecule has 7 rings (SSSR count). The molecule has 0 spiro atoms. The number of hydrogen-bond acceptors (Lipinski definition) is 2. The zero-order chi connectivity index (χ0) is 26.2. The molecular formula is C35H26N3O+. The number of ether oxygens (including phenoxy) is 1. The van der Waals surface area contributed by atoms with Gasteiger partial charge in [0.2, 0.25) is 11.6 Å². The van der Waals surface area contributed by atoms with Crippen LogP contribution in [0.5, 0.6) is 11.6 Å². The highest BCUT2D eigenvalue weighted by Crippen LogP contribution is 2.35. The molecule has 0 radical (unpaired) electrons. The second kappa shape index (κ2) is 9.58. The van der Waals surface area contributed by atoms with E-state index in [4.69, 9.17) is 4.74 Å². The monoisotopic (exact) mass is 504 g/mol. The van der Waals surface area contributed by atoms with Crippen molar-refractivity contribution in [1.82, 2.24) is 9.55 Å². The molecular weight excluding hydrogens is 478 g/mol. The van der Waals surface area contributed by atoms with Crippen LogP contribution >= 0.6 is 0 Å². The van der Waals surface area contributed by atoms with Gasteiger partial charge in [0.05, 0.1) is 11.0 Å². The van der Waals surface area contributed by atoms with Gasteiger partial charge in [0.25, 0.3) is 0 Å². The summed E-state index contributed by atoms with van der Waals surface area (Å²) in [5.41, 5.74) is 8.13. The summed E-state index contributed by atoms with van der Waals surface area (Å²) in [6.07, 6.45) is 3.92. The SMILES string of the molecule is C[n+]1cc(-c2ccc3c(c2)c2ccccc2n3-c2ccccc2)ccc1-c1cccc(Oc2ccccn2)c1. The van der Waals surface area contributed by atoms with Crippen LogP contribution in [0, 0.1) is 0 Å². The van der Waals surface area contributed by atoms with E-state index in [1.165, 1.54) is 38.6 Å². The predicted octanol–water partition coefficient (Wildman–Crippen LogP) is 8.13. The van der Waals surface area contributed by atoms with Crippen LogP contribution < -0.4 is 9.30 Å². The van der Waals surface area contributed by atoms with Crippen LogP contribution in [0.2, 0.25) is 0 Å². The molecule has 0 aliphatic rings. The Morgan fingerprint density at radius 2 is 1.41 bits per heavy atom. The fraction of sp³-hybridized carbons (Fsp3) is 0.0286. The van der Waals surface area contributed by atoms with Crippen molar-refractivity contribution < 1.29 is 9.30 Å². The van der Waals surface area contributed by atoms with Crippen LogP contribution in [0.1, 0.15) is 0 Å². The van der Waals surface area contributed by atoms with Crippen molar-refractivity contribution in [2.45, 2.75) is 0 Å². The maximum absolute atomic E-state index is 5.96. The van der Waals surface area contributed by atoms with Crippen molar-refractivity contribution in [3.8, 4) is 39.7 Å². The van der Waals surface area contributed by atoms with Crippen LogP contribution in [-0.4, -0.2) is 9.55 Å². The third-order valence-corrected chi connectivity index (χ3v) is 7.14. The number of fused-ring (bicyclic) bond motifs is 3. The van der Waals surface area contributed by atoms with Gasteiger partial charge in [0.15, 0.2) is 6.20 Å². The van der Waals surface area contributed by atoms with E-state index in [0.717, 1.165) is 17.0 Å². The molecule has 0 atom stereocenters. The molecule has 0 amide bonds. The summed E-state index contributed by atoms with van der Waals surface area (Å²) in [6.45, 7) is 0. The largest absolute Gasteiger partial charge is 0.439 e. The fourth-order valence-corrected chi connectivity index (χ4v) is 5.33. The molecule has 4 aromatic carbocycles. The van der Waals surface area contributed by atoms with Gasteiger partial charge >= 0.3 is 0 Å². The summed E-state index contributed by atoms with van der Waals surface area (Å²) in [7, 11) is 2.09. The Morgan fingerprint density at radius 3 is 2.26 bits per heavy atom. The molecule has 7 aromatic rings. The van der Waals surface area contributed by atoms with Crippen LogP contribution in [0.25, 0.3) is 49.9 Å². The zero-order valence-electron chi connectivity index (χ0n) is 21.5. The lowest BCUT2D eigenvalue weighted by Gasteiger charge is -2.08. The predicted molar refractivity (Wildman–Crippen MR) is 157 cm³/mol. The van der Waals surface area contributed by atoms with E-state index in [0.29, 0.717) is 5.88 Å². The lowest BCUT2D eigenvalue weighted by Crippen LogP contribution is -2.30. The van der Waals surface area contributed by atoms with E-state index in [9.17, 15) is 0 Å². The molecule has 0 bridgehead atoms. The van der Waals surface area contributed by atoms with Crippen LogP contribution in [0.15, 0.2) is 140 Å². The normalized spacial score (nSPS) is 11.2. The Balaban J connectivity index is 1.27. The minimum atomic E-state index is 0.582. The Bertz CT molecular complexity index is 1940. The Labute approximate surface area is 227 Å². The van der Waals surface area contributed by atoms with Crippen LogP contribution in [0.3, 0.4) is 0 Å². The van der Waals surface area contributed by atoms with Crippen molar-refractivity contribution in [3.63, 3.8) is 0 Å². The summed E-state index contributed by atoms with van der Waals surface area (Å²) in [5, 5.41) is 2.50. The van der Waals surface area contributed by atoms with Crippen LogP contribution in [0.4, 0.5) is 0 Å². The van der Waals surface area contributed by atoms with E-state index >= 15 is 0 Å². The number of benzene rings is 4. The van der Waals surface area contributed by atoms with Gasteiger partial charge in [-0.15, -0.1) is 0 Å². The summed E-state index contributed by atoms with van der Waals surface area (Å²) in [5.74, 6) is 1.34. The highest BCUT2D eigenvalue weighted by Gasteiger charge is 2.16. The first-order valence-electron chi connectivity index (χ1n) is 13.0. The molecule has 186 valence electrons. The Morgan fingerprint density at radius 1 is 0.615 bits per heavy atom. The minimum absolute atomic E-state index is 0.582. The van der Waals surface area contributed by atoms with Gasteiger partial charge in [0, 0.05) is 45.9 Å². The molecule has 0 aliphatic carbocycles. The summed E-state index contributed by atoms with van der Waals surface area (Å²) in [6, 6.07) is 44.1. The van der Waals surface area contributed by atoms with Gasteiger partial charge in [-0.3, -0.25) is 0 Å². The number of para-hydroxylation sites is 2. The van der Waals surface area contributed by atoms with Crippen molar-refractivity contribution in [1.29, 1.82) is 0 Å². The van der Waals surface area contributed by atoms with Gasteiger partial charge in [-0.05, 0) is 66.2 Å². The van der Waals surface area contributed by atoms with Crippen molar-refractivity contribution in [2.24, 2.45) is 7.05 Å². The second-order valence-corrected chi connectivity index (χ2v) is 9.63. The van der Waals surface area contributed by atoms with E-state index in [-0.39, 0.29) is 0 Å². The molecule has 4 heteroatoms. The highest BCUT2D eigenvalue weighted by molar-refractivity contribution is 6.10. The summed E-state index contributed by atoms with van der Waals surface area (Å²) >= 11 is 0. The van der Waals surface area contributed by atoms with Crippen LogP contribution in [-0.2, 0) is 7.05 Å². The number of rotatable bonds is 5. The molecule has 0 saturated carbocycles. The van der Waals surface area contributed by atoms with Gasteiger partial charge in [-0.25, -0.2) is 9.55 Å². The quantitative estimate of drug-likeness (QED) is 0.222. The molecule has 0 N–H and O–H groups in total. The van der Waals surface area contributed by atoms with E-state index in [1.807, 2.05) is 36.4 Å². The van der Waals surface area contributed by atoms with E-state index in [2.05, 4.69) is 118 Å². The fourth-order valence-electron chi connectivity index (χ4n) is 5.33. The van der Waals surface area contributed by atoms with Gasteiger partial charge < -0.3 is 9.30 Å². The van der Waals surface area contributed by atoms with Gasteiger partial charge in [0.1, 0.15) is 12.8 Å². The minimum Gasteiger partial charge on any atom is -0.439 e. The van der Waals surface area contributed by atoms with E-state index < -0.39 is 0 Å². The molecule has 39 heavy (non-hydrogen) atoms. The third kappa shape index (κ3) is 4.22. The summed E-state index contributed by atoms with van der Waals surface area (Å²) in [4.78, 5) is 4.27. The number of nitrogens with zero attached hydrogens (tertiary/aromatic N) is 3. The van der Waals surface area contributed by atoms with E-state index in [1.54, 1.807) is 6.20 Å². The lowest BCUT2D eigenvalue weighted by molar-refractivity contribution is -0.659. The van der Waals surface area contributed by atoms with Crippen molar-refractivity contribution in [3.05, 3.63) is 140 Å². The standard InChI is InChI=1S/C35H26N3O/c1-37-24-27(18-19-32(37)26-10-9-13-29(22-26)39-35-16-7-8-21-36-35)25-17-20-34-31(23-25)30-14-5-6-15-33(30)38(34)28-11-3-2-4-12-28/h2-24H,1H3/q+1. The highest BCUT2D eigenvalue weighted by atomic mass is 16.5. The molecule has 3 heterocycles. The molecule has 0 aliphatic heterocycles. The molecule has 4 nitrogen and oxygen atoms in total. The maximum atomic E-state index is 5.96. The first kappa shape index (κ1) is 22.9. The lowest BCUT2D eigenvalue weighted by atomic mass is 10.0. The smallest absolute Gasteiger partial charge is 0.219 e. The maximum Gasteiger partial charge on any atom is 0.219 e. The number of aryl methyl sites for hydroxylation is 1. The first-order chi connectivity index (χ1) is 19.2. The van der Waals surface area contributed by atoms with Crippen molar-refractivity contribution in [2.75, 3.05) is 0 Å². The second-order valence-electron chi connectivity index (χ2n) is 9.63. The van der Waals surface area contributed by atoms with Gasteiger partial charge in [-0.1, -0.05) is 54.6 Å². The molecule has 0 saturated heterocycles. The Hall–Kier alpha value is -5.22. The summed E-state index contributed by atoms with van der Waals surface area (Å²) < 4.78 is 10.5. The molecule has 3 aromatic heterocycles. The molecule has 0 fully saturated rings. The zero-order valence-corrected chi connectivity index (χ0v) is 21.5. The average Bonchev–Trinajstić information content (AvgIpc) is 3.32. The topological polar surface area (TPSA) is 30.9 Å². The number of pyridine rings is 2. The number of hydrogen-bond donors (Lipinski definition) is 0.